The summed E-state index contributed by atoms with van der Waals surface area (Å²) >= 11 is 0. The Labute approximate surface area is 146 Å². The predicted octanol–water partition coefficient (Wildman–Crippen LogP) is 4.47. The molecule has 4 rings (SSSR count). The number of nitrogens with one attached hydrogen (secondary N) is 1. The van der Waals surface area contributed by atoms with Gasteiger partial charge < -0.3 is 9.73 Å². The molecule has 0 aliphatic heterocycles. The van der Waals surface area contributed by atoms with E-state index in [-0.39, 0.29) is 11.9 Å². The van der Waals surface area contributed by atoms with Crippen molar-refractivity contribution in [1.29, 1.82) is 0 Å². The van der Waals surface area contributed by atoms with Crippen LogP contribution in [0.1, 0.15) is 35.3 Å². The van der Waals surface area contributed by atoms with E-state index >= 15 is 0 Å². The van der Waals surface area contributed by atoms with Crippen molar-refractivity contribution < 1.29 is 9.21 Å². The highest BCUT2D eigenvalue weighted by atomic mass is 16.3. The normalized spacial score (nSPS) is 20.0. The van der Waals surface area contributed by atoms with E-state index in [9.17, 15) is 4.79 Å². The number of rotatable bonds is 5. The van der Waals surface area contributed by atoms with Crippen molar-refractivity contribution in [2.45, 2.75) is 19.4 Å². The Morgan fingerprint density at radius 1 is 1.16 bits per heavy atom. The Morgan fingerprint density at radius 3 is 2.48 bits per heavy atom. The second-order valence-corrected chi connectivity index (χ2v) is 6.68. The van der Waals surface area contributed by atoms with Gasteiger partial charge in [-0.2, -0.15) is 0 Å². The lowest BCUT2D eigenvalue weighted by atomic mass is 10.0. The first-order chi connectivity index (χ1) is 12.2. The van der Waals surface area contributed by atoms with Crippen LogP contribution < -0.4 is 5.32 Å². The van der Waals surface area contributed by atoms with Crippen LogP contribution in [0.25, 0.3) is 11.3 Å². The Kier molecular flexibility index (Phi) is 4.10. The van der Waals surface area contributed by atoms with Gasteiger partial charge in [-0.25, -0.2) is 4.98 Å². The molecule has 3 aromatic rings. The summed E-state index contributed by atoms with van der Waals surface area (Å²) in [5.74, 6) is 1.82. The molecule has 0 spiro atoms. The summed E-state index contributed by atoms with van der Waals surface area (Å²) in [6.07, 6.45) is 4.22. The van der Waals surface area contributed by atoms with Crippen LogP contribution in [0.15, 0.2) is 71.6 Å². The van der Waals surface area contributed by atoms with Gasteiger partial charge in [-0.3, -0.25) is 4.79 Å². The summed E-state index contributed by atoms with van der Waals surface area (Å²) < 4.78 is 5.28. The van der Waals surface area contributed by atoms with Crippen molar-refractivity contribution in [3.8, 4) is 11.3 Å². The van der Waals surface area contributed by atoms with E-state index in [0.717, 1.165) is 12.0 Å². The van der Waals surface area contributed by atoms with Gasteiger partial charge in [-0.1, -0.05) is 49.4 Å². The van der Waals surface area contributed by atoms with E-state index in [0.29, 0.717) is 23.2 Å². The number of nitrogens with zero attached hydrogens (tertiary/aromatic N) is 1. The fraction of sp³-hybridized carbons (Fsp3) is 0.238. The molecule has 1 aliphatic carbocycles. The van der Waals surface area contributed by atoms with Crippen molar-refractivity contribution in [3.05, 3.63) is 78.3 Å². The highest BCUT2D eigenvalue weighted by Gasteiger charge is 2.40. The molecule has 0 bridgehead atoms. The lowest BCUT2D eigenvalue weighted by Crippen LogP contribution is -2.30. The van der Waals surface area contributed by atoms with Gasteiger partial charge in [0.15, 0.2) is 12.2 Å². The number of aromatic nitrogens is 1. The molecule has 1 fully saturated rings. The summed E-state index contributed by atoms with van der Waals surface area (Å²) in [6, 6.07) is 17.7. The first kappa shape index (κ1) is 15.6. The molecule has 0 radical (unpaired) electrons. The summed E-state index contributed by atoms with van der Waals surface area (Å²) in [4.78, 5) is 16.6. The molecule has 1 amide bonds. The van der Waals surface area contributed by atoms with Crippen molar-refractivity contribution in [2.75, 3.05) is 0 Å². The van der Waals surface area contributed by atoms with Crippen LogP contribution in [-0.2, 0) is 0 Å². The third-order valence-corrected chi connectivity index (χ3v) is 4.91. The van der Waals surface area contributed by atoms with Crippen LogP contribution in [-0.4, -0.2) is 10.9 Å². The number of hydrogen-bond donors (Lipinski definition) is 1. The molecule has 0 saturated heterocycles. The molecular formula is C21H20N2O2. The van der Waals surface area contributed by atoms with E-state index < -0.39 is 0 Å². The maximum absolute atomic E-state index is 12.7. The molecular weight excluding hydrogens is 312 g/mol. The molecule has 1 saturated carbocycles. The topological polar surface area (TPSA) is 55.1 Å². The highest BCUT2D eigenvalue weighted by molar-refractivity contribution is 5.94. The van der Waals surface area contributed by atoms with Crippen molar-refractivity contribution in [1.82, 2.24) is 10.3 Å². The zero-order valence-electron chi connectivity index (χ0n) is 14.1. The van der Waals surface area contributed by atoms with Crippen LogP contribution in [0.4, 0.5) is 0 Å². The molecule has 4 nitrogen and oxygen atoms in total. The van der Waals surface area contributed by atoms with E-state index in [1.165, 1.54) is 12.0 Å². The number of hydrogen-bond acceptors (Lipinski definition) is 3. The first-order valence-electron chi connectivity index (χ1n) is 8.57. The van der Waals surface area contributed by atoms with Gasteiger partial charge in [0, 0.05) is 11.1 Å². The molecule has 4 heteroatoms. The lowest BCUT2D eigenvalue weighted by molar-refractivity contribution is 0.0930. The third kappa shape index (κ3) is 3.33. The van der Waals surface area contributed by atoms with Gasteiger partial charge >= 0.3 is 0 Å². The van der Waals surface area contributed by atoms with E-state index in [1.54, 1.807) is 6.20 Å². The van der Waals surface area contributed by atoms with Crippen LogP contribution in [0, 0.1) is 11.8 Å². The summed E-state index contributed by atoms with van der Waals surface area (Å²) in [5, 5.41) is 3.22. The number of oxazole rings is 1. The minimum absolute atomic E-state index is 0.0444. The fourth-order valence-electron chi connectivity index (χ4n) is 3.28. The standard InChI is InChI=1S/C21H20N2O2/c1-14-11-18(14)20(16-5-3-2-4-6-16)23-21(24)17-9-7-15(8-10-17)19-12-22-13-25-19/h2-10,12-14,18,20H,11H2,1H3,(H,23,24). The molecule has 1 aromatic heterocycles. The molecule has 25 heavy (non-hydrogen) atoms. The number of carbonyl (C=O) groups is 1. The average Bonchev–Trinajstić information content (AvgIpc) is 3.13. The zero-order valence-corrected chi connectivity index (χ0v) is 14.1. The van der Waals surface area contributed by atoms with Gasteiger partial charge in [-0.05, 0) is 36.0 Å². The van der Waals surface area contributed by atoms with Crippen molar-refractivity contribution in [3.63, 3.8) is 0 Å². The number of carbonyl (C=O) groups excluding carboxylic acids is 1. The Morgan fingerprint density at radius 2 is 1.88 bits per heavy atom. The zero-order chi connectivity index (χ0) is 17.2. The monoisotopic (exact) mass is 332 g/mol. The van der Waals surface area contributed by atoms with Crippen molar-refractivity contribution >= 4 is 5.91 Å². The van der Waals surface area contributed by atoms with Gasteiger partial charge in [0.05, 0.1) is 12.2 Å². The maximum atomic E-state index is 12.7. The fourth-order valence-corrected chi connectivity index (χ4v) is 3.28. The van der Waals surface area contributed by atoms with Crippen LogP contribution in [0.3, 0.4) is 0 Å². The summed E-state index contributed by atoms with van der Waals surface area (Å²) in [7, 11) is 0. The van der Waals surface area contributed by atoms with Gasteiger partial charge in [0.25, 0.3) is 5.91 Å². The van der Waals surface area contributed by atoms with E-state index in [1.807, 2.05) is 42.5 Å². The maximum Gasteiger partial charge on any atom is 0.251 e. The SMILES string of the molecule is CC1CC1C(NC(=O)c1ccc(-c2cnco2)cc1)c1ccccc1. The highest BCUT2D eigenvalue weighted by Crippen LogP contribution is 2.47. The summed E-state index contributed by atoms with van der Waals surface area (Å²) in [6.45, 7) is 2.24. The van der Waals surface area contributed by atoms with Gasteiger partial charge in [0.1, 0.15) is 0 Å². The molecule has 1 heterocycles. The van der Waals surface area contributed by atoms with E-state index in [2.05, 4.69) is 29.4 Å². The first-order valence-corrected chi connectivity index (χ1v) is 8.57. The average molecular weight is 332 g/mol. The van der Waals surface area contributed by atoms with Crippen LogP contribution in [0.5, 0.6) is 0 Å². The smallest absolute Gasteiger partial charge is 0.251 e. The Balaban J connectivity index is 1.52. The Hall–Kier alpha value is -2.88. The molecule has 1 N–H and O–H groups in total. The summed E-state index contributed by atoms with van der Waals surface area (Å²) in [5.41, 5.74) is 2.73. The third-order valence-electron chi connectivity index (χ3n) is 4.91. The van der Waals surface area contributed by atoms with Gasteiger partial charge in [-0.15, -0.1) is 0 Å². The Bertz CT molecular complexity index is 841. The molecule has 126 valence electrons. The minimum atomic E-state index is -0.0444. The van der Waals surface area contributed by atoms with Gasteiger partial charge in [0.2, 0.25) is 0 Å². The second kappa shape index (κ2) is 6.55. The molecule has 1 aliphatic rings. The minimum Gasteiger partial charge on any atom is -0.444 e. The predicted molar refractivity (Wildman–Crippen MR) is 95.9 cm³/mol. The number of amides is 1. The lowest BCUT2D eigenvalue weighted by Gasteiger charge is -2.19. The van der Waals surface area contributed by atoms with E-state index in [4.69, 9.17) is 4.42 Å². The molecule has 3 unspecified atom stereocenters. The van der Waals surface area contributed by atoms with Crippen molar-refractivity contribution in [2.24, 2.45) is 11.8 Å². The molecule has 2 aromatic carbocycles. The van der Waals surface area contributed by atoms with Crippen LogP contribution >= 0.6 is 0 Å². The van der Waals surface area contributed by atoms with Crippen LogP contribution in [0.2, 0.25) is 0 Å². The molecule has 3 atom stereocenters. The number of benzene rings is 2. The largest absolute Gasteiger partial charge is 0.444 e. The quantitative estimate of drug-likeness (QED) is 0.750. The second-order valence-electron chi connectivity index (χ2n) is 6.68.